The number of hydrogen-bond donors (Lipinski definition) is 0. The quantitative estimate of drug-likeness (QED) is 0.742. The van der Waals surface area contributed by atoms with Gasteiger partial charge >= 0.3 is 0 Å². The van der Waals surface area contributed by atoms with Crippen molar-refractivity contribution < 1.29 is 0 Å². The molecule has 16 heavy (non-hydrogen) atoms. The van der Waals surface area contributed by atoms with Crippen LogP contribution < -0.4 is 0 Å². The molecule has 0 saturated carbocycles. The van der Waals surface area contributed by atoms with Crippen molar-refractivity contribution in [2.24, 2.45) is 0 Å². The van der Waals surface area contributed by atoms with Crippen LogP contribution in [0.15, 0.2) is 29.8 Å². The molecular weight excluding hydrogens is 196 g/mol. The number of rotatable bonds is 2. The first-order valence-electron chi connectivity index (χ1n) is 5.76. The van der Waals surface area contributed by atoms with Gasteiger partial charge in [0.05, 0.1) is 11.0 Å². The van der Waals surface area contributed by atoms with Crippen LogP contribution in [0, 0.1) is 0 Å². The van der Waals surface area contributed by atoms with Crippen LogP contribution in [0.2, 0.25) is 0 Å². The highest BCUT2D eigenvalue weighted by Gasteiger charge is 2.10. The molecule has 0 unspecified atom stereocenters. The molecule has 0 N–H and O–H groups in total. The lowest BCUT2D eigenvalue weighted by Gasteiger charge is -2.10. The third-order valence-corrected chi connectivity index (χ3v) is 3.01. The van der Waals surface area contributed by atoms with E-state index in [-0.39, 0.29) is 0 Å². The third-order valence-electron chi connectivity index (χ3n) is 3.01. The van der Waals surface area contributed by atoms with Gasteiger partial charge in [-0.1, -0.05) is 24.6 Å². The Morgan fingerprint density at radius 3 is 2.50 bits per heavy atom. The molecule has 0 amide bonds. The summed E-state index contributed by atoms with van der Waals surface area (Å²) in [5, 5.41) is 0. The van der Waals surface area contributed by atoms with Crippen molar-refractivity contribution in [1.29, 1.82) is 0 Å². The molecule has 1 aromatic heterocycles. The fourth-order valence-corrected chi connectivity index (χ4v) is 1.91. The van der Waals surface area contributed by atoms with E-state index in [0.29, 0.717) is 0 Å². The van der Waals surface area contributed by atoms with Gasteiger partial charge in [-0.15, -0.1) is 0 Å². The number of fused-ring (bicyclic) bond motifs is 1. The van der Waals surface area contributed by atoms with Crippen LogP contribution in [-0.2, 0) is 6.42 Å². The predicted molar refractivity (Wildman–Crippen MR) is 69.3 cm³/mol. The van der Waals surface area contributed by atoms with Gasteiger partial charge in [-0.2, -0.15) is 0 Å². The fourth-order valence-electron chi connectivity index (χ4n) is 1.91. The van der Waals surface area contributed by atoms with Gasteiger partial charge in [-0.25, -0.2) is 4.98 Å². The van der Waals surface area contributed by atoms with Crippen LogP contribution in [0.4, 0.5) is 0 Å². The van der Waals surface area contributed by atoms with Crippen molar-refractivity contribution in [3.05, 3.63) is 35.7 Å². The largest absolute Gasteiger partial charge is 0.300 e. The number of imidazole rings is 1. The van der Waals surface area contributed by atoms with E-state index in [1.165, 1.54) is 16.8 Å². The van der Waals surface area contributed by atoms with E-state index in [1.807, 2.05) is 6.07 Å². The van der Waals surface area contributed by atoms with Crippen molar-refractivity contribution in [1.82, 2.24) is 9.55 Å². The average molecular weight is 214 g/mol. The van der Waals surface area contributed by atoms with Crippen LogP contribution in [0.5, 0.6) is 0 Å². The zero-order chi connectivity index (χ0) is 11.7. The summed E-state index contributed by atoms with van der Waals surface area (Å²) in [5.41, 5.74) is 4.90. The Bertz CT molecular complexity index is 543. The standard InChI is InChI=1S/C14H18N2/c1-5-14-15-12-8-6-7-9-13(12)16(14)11(4)10(2)3/h6-9H,5H2,1-4H3. The molecule has 0 aliphatic carbocycles. The summed E-state index contributed by atoms with van der Waals surface area (Å²) in [4.78, 5) is 4.66. The molecule has 1 aromatic carbocycles. The third kappa shape index (κ3) is 1.64. The summed E-state index contributed by atoms with van der Waals surface area (Å²) in [6.07, 6.45) is 0.958. The molecule has 0 aliphatic rings. The van der Waals surface area contributed by atoms with E-state index in [1.54, 1.807) is 0 Å². The van der Waals surface area contributed by atoms with E-state index in [4.69, 9.17) is 0 Å². The summed E-state index contributed by atoms with van der Waals surface area (Å²) in [6, 6.07) is 8.31. The van der Waals surface area contributed by atoms with Crippen LogP contribution in [0.3, 0.4) is 0 Å². The van der Waals surface area contributed by atoms with Crippen molar-refractivity contribution in [3.8, 4) is 0 Å². The number of aromatic nitrogens is 2. The molecule has 0 saturated heterocycles. The summed E-state index contributed by atoms with van der Waals surface area (Å²) in [7, 11) is 0. The minimum absolute atomic E-state index is 0.958. The zero-order valence-electron chi connectivity index (χ0n) is 10.4. The van der Waals surface area contributed by atoms with Crippen molar-refractivity contribution >= 4 is 16.7 Å². The Balaban J connectivity index is 2.80. The van der Waals surface area contributed by atoms with Crippen LogP contribution >= 0.6 is 0 Å². The first-order valence-corrected chi connectivity index (χ1v) is 5.76. The molecule has 0 atom stereocenters. The van der Waals surface area contributed by atoms with Crippen molar-refractivity contribution in [3.63, 3.8) is 0 Å². The Hall–Kier alpha value is -1.57. The van der Waals surface area contributed by atoms with Gasteiger partial charge in [0.25, 0.3) is 0 Å². The van der Waals surface area contributed by atoms with Crippen LogP contribution in [0.25, 0.3) is 16.7 Å². The topological polar surface area (TPSA) is 17.8 Å². The van der Waals surface area contributed by atoms with Gasteiger partial charge in [0, 0.05) is 12.1 Å². The molecule has 0 bridgehead atoms. The lowest BCUT2D eigenvalue weighted by Crippen LogP contribution is -2.01. The molecule has 1 heterocycles. The summed E-state index contributed by atoms with van der Waals surface area (Å²) in [6.45, 7) is 8.59. The number of nitrogens with zero attached hydrogens (tertiary/aromatic N) is 2. The van der Waals surface area contributed by atoms with E-state index in [9.17, 15) is 0 Å². The van der Waals surface area contributed by atoms with Crippen molar-refractivity contribution in [2.75, 3.05) is 0 Å². The average Bonchev–Trinajstić information content (AvgIpc) is 2.66. The monoisotopic (exact) mass is 214 g/mol. The maximum Gasteiger partial charge on any atom is 0.113 e. The normalized spacial score (nSPS) is 10.8. The Kier molecular flexibility index (Phi) is 2.82. The van der Waals surface area contributed by atoms with Gasteiger partial charge in [0.15, 0.2) is 0 Å². The molecule has 0 aliphatic heterocycles. The summed E-state index contributed by atoms with van der Waals surface area (Å²) >= 11 is 0. The first kappa shape index (κ1) is 10.9. The van der Waals surface area contributed by atoms with Gasteiger partial charge in [0.2, 0.25) is 0 Å². The maximum atomic E-state index is 4.66. The van der Waals surface area contributed by atoms with E-state index >= 15 is 0 Å². The second kappa shape index (κ2) is 4.12. The number of benzene rings is 1. The highest BCUT2D eigenvalue weighted by Crippen LogP contribution is 2.22. The first-order chi connectivity index (χ1) is 7.65. The molecule has 2 nitrogen and oxygen atoms in total. The van der Waals surface area contributed by atoms with E-state index in [0.717, 1.165) is 17.8 Å². The second-order valence-corrected chi connectivity index (χ2v) is 4.29. The molecule has 0 spiro atoms. The van der Waals surface area contributed by atoms with E-state index in [2.05, 4.69) is 55.4 Å². The lowest BCUT2D eigenvalue weighted by molar-refractivity contribution is 0.910. The second-order valence-electron chi connectivity index (χ2n) is 4.29. The molecule has 0 radical (unpaired) electrons. The van der Waals surface area contributed by atoms with Gasteiger partial charge in [-0.3, -0.25) is 0 Å². The fraction of sp³-hybridized carbons (Fsp3) is 0.357. The van der Waals surface area contributed by atoms with Crippen LogP contribution in [0.1, 0.15) is 33.5 Å². The predicted octanol–water partition coefficient (Wildman–Crippen LogP) is 3.87. The smallest absolute Gasteiger partial charge is 0.113 e. The van der Waals surface area contributed by atoms with Gasteiger partial charge < -0.3 is 4.57 Å². The van der Waals surface area contributed by atoms with Crippen molar-refractivity contribution in [2.45, 2.75) is 34.1 Å². The molecule has 84 valence electrons. The molecular formula is C14H18N2. The highest BCUT2D eigenvalue weighted by atomic mass is 15.1. The molecule has 0 fully saturated rings. The van der Waals surface area contributed by atoms with Gasteiger partial charge in [0.1, 0.15) is 5.82 Å². The number of allylic oxidation sites excluding steroid dienone is 2. The number of aryl methyl sites for hydroxylation is 1. The Morgan fingerprint density at radius 1 is 1.19 bits per heavy atom. The molecule has 2 rings (SSSR count). The SMILES string of the molecule is CCc1nc2ccccc2n1C(C)=C(C)C. The maximum absolute atomic E-state index is 4.66. The van der Waals surface area contributed by atoms with E-state index < -0.39 is 0 Å². The zero-order valence-corrected chi connectivity index (χ0v) is 10.4. The highest BCUT2D eigenvalue weighted by molar-refractivity contribution is 5.80. The minimum Gasteiger partial charge on any atom is -0.300 e. The Labute approximate surface area is 96.6 Å². The molecule has 2 aromatic rings. The van der Waals surface area contributed by atoms with Gasteiger partial charge in [-0.05, 0) is 32.9 Å². The van der Waals surface area contributed by atoms with Crippen LogP contribution in [-0.4, -0.2) is 9.55 Å². The minimum atomic E-state index is 0.958. The lowest BCUT2D eigenvalue weighted by atomic mass is 10.2. The summed E-state index contributed by atoms with van der Waals surface area (Å²) in [5.74, 6) is 1.14. The Morgan fingerprint density at radius 2 is 1.88 bits per heavy atom. The number of hydrogen-bond acceptors (Lipinski definition) is 1. The summed E-state index contributed by atoms with van der Waals surface area (Å²) < 4.78 is 2.27. The number of para-hydroxylation sites is 2. The molecule has 2 heteroatoms.